The van der Waals surface area contributed by atoms with Gasteiger partial charge in [0.2, 0.25) is 0 Å². The molecule has 1 nitrogen and oxygen atoms in total. The lowest BCUT2D eigenvalue weighted by atomic mass is 9.87. The van der Waals surface area contributed by atoms with Crippen molar-refractivity contribution in [3.8, 4) is 0 Å². The maximum Gasteiger partial charge on any atom is 0.137 e. The molecule has 2 aliphatic rings. The Labute approximate surface area is 66.8 Å². The summed E-state index contributed by atoms with van der Waals surface area (Å²) in [5, 5.41) is 0. The number of fused-ring (bicyclic) bond motifs is 2. The van der Waals surface area contributed by atoms with Crippen LogP contribution in [0.4, 0.5) is 0 Å². The molecule has 11 heavy (non-hydrogen) atoms. The maximum atomic E-state index is 11.2. The lowest BCUT2D eigenvalue weighted by Crippen LogP contribution is -2.17. The van der Waals surface area contributed by atoms with Crippen LogP contribution in [0.1, 0.15) is 13.3 Å². The minimum Gasteiger partial charge on any atom is -0.299 e. The van der Waals surface area contributed by atoms with Gasteiger partial charge in [0.1, 0.15) is 5.78 Å². The second-order valence-corrected chi connectivity index (χ2v) is 3.55. The van der Waals surface area contributed by atoms with Gasteiger partial charge in [-0.25, -0.2) is 0 Å². The summed E-state index contributed by atoms with van der Waals surface area (Å²) < 4.78 is 0. The molecule has 1 fully saturated rings. The third kappa shape index (κ3) is 0.802. The number of hydrogen-bond acceptors (Lipinski definition) is 1. The highest BCUT2D eigenvalue weighted by Gasteiger charge is 2.40. The molecule has 0 aromatic carbocycles. The number of ketones is 1. The SMILES string of the molecule is C=C1[C@H](C(C)=O)[C@@H]2C=C[C@H]1C2. The first kappa shape index (κ1) is 6.84. The molecule has 0 saturated heterocycles. The number of carbonyl (C=O) groups excluding carboxylic acids is 1. The molecule has 2 aliphatic carbocycles. The van der Waals surface area contributed by atoms with E-state index in [-0.39, 0.29) is 11.7 Å². The van der Waals surface area contributed by atoms with E-state index in [1.165, 1.54) is 0 Å². The van der Waals surface area contributed by atoms with Crippen LogP contribution in [0.5, 0.6) is 0 Å². The Hall–Kier alpha value is -0.850. The Morgan fingerprint density at radius 3 is 2.73 bits per heavy atom. The number of carbonyl (C=O) groups is 1. The van der Waals surface area contributed by atoms with Crippen LogP contribution in [0.25, 0.3) is 0 Å². The fourth-order valence-electron chi connectivity index (χ4n) is 2.32. The van der Waals surface area contributed by atoms with Crippen molar-refractivity contribution >= 4 is 5.78 Å². The largest absolute Gasteiger partial charge is 0.299 e. The van der Waals surface area contributed by atoms with Gasteiger partial charge in [0.05, 0.1) is 0 Å². The third-order valence-electron chi connectivity index (χ3n) is 2.86. The summed E-state index contributed by atoms with van der Waals surface area (Å²) in [6.07, 6.45) is 5.49. The lowest BCUT2D eigenvalue weighted by Gasteiger charge is -2.16. The van der Waals surface area contributed by atoms with Crippen LogP contribution in [0, 0.1) is 17.8 Å². The van der Waals surface area contributed by atoms with Crippen molar-refractivity contribution in [2.75, 3.05) is 0 Å². The van der Waals surface area contributed by atoms with Gasteiger partial charge in [-0.1, -0.05) is 24.3 Å². The van der Waals surface area contributed by atoms with Gasteiger partial charge in [-0.3, -0.25) is 4.79 Å². The summed E-state index contributed by atoms with van der Waals surface area (Å²) in [6, 6.07) is 0. The van der Waals surface area contributed by atoms with Crippen LogP contribution in [0.15, 0.2) is 24.3 Å². The zero-order chi connectivity index (χ0) is 8.01. The fraction of sp³-hybridized carbons (Fsp3) is 0.500. The molecule has 0 aromatic heterocycles. The summed E-state index contributed by atoms with van der Waals surface area (Å²) in [5.41, 5.74) is 1.14. The van der Waals surface area contributed by atoms with Gasteiger partial charge < -0.3 is 0 Å². The van der Waals surface area contributed by atoms with E-state index in [2.05, 4.69) is 18.7 Å². The van der Waals surface area contributed by atoms with Crippen molar-refractivity contribution in [1.29, 1.82) is 0 Å². The molecule has 0 N–H and O–H groups in total. The zero-order valence-electron chi connectivity index (χ0n) is 6.71. The summed E-state index contributed by atoms with van der Waals surface area (Å²) in [5.74, 6) is 1.41. The Morgan fingerprint density at radius 2 is 2.36 bits per heavy atom. The van der Waals surface area contributed by atoms with Crippen LogP contribution in [-0.4, -0.2) is 5.78 Å². The van der Waals surface area contributed by atoms with Gasteiger partial charge in [0.25, 0.3) is 0 Å². The quantitative estimate of drug-likeness (QED) is 0.519. The molecule has 0 spiro atoms. The molecule has 0 aromatic rings. The molecule has 0 unspecified atom stereocenters. The minimum atomic E-state index is 0.144. The number of rotatable bonds is 1. The molecule has 0 amide bonds. The Morgan fingerprint density at radius 1 is 1.64 bits per heavy atom. The minimum absolute atomic E-state index is 0.144. The van der Waals surface area contributed by atoms with Crippen molar-refractivity contribution in [2.24, 2.45) is 17.8 Å². The van der Waals surface area contributed by atoms with Gasteiger partial charge in [-0.2, -0.15) is 0 Å². The molecule has 1 heteroatoms. The molecule has 0 aliphatic heterocycles. The van der Waals surface area contributed by atoms with Gasteiger partial charge in [0, 0.05) is 5.92 Å². The first-order valence-corrected chi connectivity index (χ1v) is 4.07. The monoisotopic (exact) mass is 148 g/mol. The second-order valence-electron chi connectivity index (χ2n) is 3.55. The maximum absolute atomic E-state index is 11.2. The molecular weight excluding hydrogens is 136 g/mol. The summed E-state index contributed by atoms with van der Waals surface area (Å²) >= 11 is 0. The van der Waals surface area contributed by atoms with Gasteiger partial charge in [-0.05, 0) is 25.2 Å². The fourth-order valence-corrected chi connectivity index (χ4v) is 2.32. The van der Waals surface area contributed by atoms with E-state index in [0.29, 0.717) is 11.8 Å². The van der Waals surface area contributed by atoms with E-state index in [1.54, 1.807) is 6.92 Å². The van der Waals surface area contributed by atoms with E-state index < -0.39 is 0 Å². The topological polar surface area (TPSA) is 17.1 Å². The molecule has 3 atom stereocenters. The van der Waals surface area contributed by atoms with E-state index in [4.69, 9.17) is 0 Å². The molecule has 0 heterocycles. The normalized spacial score (nSPS) is 40.1. The van der Waals surface area contributed by atoms with Crippen molar-refractivity contribution in [1.82, 2.24) is 0 Å². The summed E-state index contributed by atoms with van der Waals surface area (Å²) in [7, 11) is 0. The van der Waals surface area contributed by atoms with Crippen LogP contribution >= 0.6 is 0 Å². The summed E-state index contributed by atoms with van der Waals surface area (Å²) in [4.78, 5) is 11.2. The van der Waals surface area contributed by atoms with Gasteiger partial charge >= 0.3 is 0 Å². The van der Waals surface area contributed by atoms with Crippen molar-refractivity contribution in [2.45, 2.75) is 13.3 Å². The van der Waals surface area contributed by atoms with Crippen LogP contribution in [-0.2, 0) is 4.79 Å². The Balaban J connectivity index is 2.32. The van der Waals surface area contributed by atoms with E-state index in [1.807, 2.05) is 0 Å². The predicted molar refractivity (Wildman–Crippen MR) is 44.0 cm³/mol. The zero-order valence-corrected chi connectivity index (χ0v) is 6.71. The van der Waals surface area contributed by atoms with E-state index in [9.17, 15) is 4.79 Å². The Kier molecular flexibility index (Phi) is 1.28. The lowest BCUT2D eigenvalue weighted by molar-refractivity contribution is -0.120. The molecule has 2 bridgehead atoms. The first-order chi connectivity index (χ1) is 5.20. The average molecular weight is 148 g/mol. The van der Waals surface area contributed by atoms with E-state index in [0.717, 1.165) is 12.0 Å². The molecular formula is C10H12O. The highest BCUT2D eigenvalue weighted by Crippen LogP contribution is 2.46. The highest BCUT2D eigenvalue weighted by atomic mass is 16.1. The highest BCUT2D eigenvalue weighted by molar-refractivity contribution is 5.83. The van der Waals surface area contributed by atoms with Crippen molar-refractivity contribution in [3.63, 3.8) is 0 Å². The predicted octanol–water partition coefficient (Wildman–Crippen LogP) is 1.95. The summed E-state index contributed by atoms with van der Waals surface area (Å²) in [6.45, 7) is 5.64. The molecule has 2 rings (SSSR count). The molecule has 58 valence electrons. The third-order valence-corrected chi connectivity index (χ3v) is 2.86. The van der Waals surface area contributed by atoms with Gasteiger partial charge in [-0.15, -0.1) is 0 Å². The van der Waals surface area contributed by atoms with Crippen LogP contribution in [0.3, 0.4) is 0 Å². The van der Waals surface area contributed by atoms with Crippen LogP contribution < -0.4 is 0 Å². The van der Waals surface area contributed by atoms with Crippen molar-refractivity contribution in [3.05, 3.63) is 24.3 Å². The molecule has 1 saturated carbocycles. The smallest absolute Gasteiger partial charge is 0.137 e. The van der Waals surface area contributed by atoms with Gasteiger partial charge in [0.15, 0.2) is 0 Å². The van der Waals surface area contributed by atoms with Crippen molar-refractivity contribution < 1.29 is 4.79 Å². The Bertz CT molecular complexity index is 250. The number of Topliss-reactive ketones (excluding diaryl/α,β-unsaturated/α-hetero) is 1. The average Bonchev–Trinajstić information content (AvgIpc) is 2.44. The second kappa shape index (κ2) is 2.07. The van der Waals surface area contributed by atoms with Crippen LogP contribution in [0.2, 0.25) is 0 Å². The van der Waals surface area contributed by atoms with E-state index >= 15 is 0 Å². The number of allylic oxidation sites excluding steroid dienone is 3. The number of hydrogen-bond donors (Lipinski definition) is 0. The molecule has 0 radical (unpaired) electrons. The standard InChI is InChI=1S/C10H12O/c1-6-8-3-4-9(5-8)10(6)7(2)11/h3-4,8-10H,1,5H2,2H3/t8-,9+,10+/m0/s1. The first-order valence-electron chi connectivity index (χ1n) is 4.07.